The first-order valence-electron chi connectivity index (χ1n) is 11.0. The predicted molar refractivity (Wildman–Crippen MR) is 122 cm³/mol. The number of hydrogen-bond donors (Lipinski definition) is 0. The number of ether oxygens (including phenoxy) is 1. The number of pyridine rings is 1. The molecule has 0 bridgehead atoms. The summed E-state index contributed by atoms with van der Waals surface area (Å²) in [6, 6.07) is 16.9. The number of hydrogen-bond acceptors (Lipinski definition) is 3. The van der Waals surface area contributed by atoms with Gasteiger partial charge in [0.25, 0.3) is 0 Å². The summed E-state index contributed by atoms with van der Waals surface area (Å²) in [5.74, 6) is 1.16. The summed E-state index contributed by atoms with van der Waals surface area (Å²) in [6.45, 7) is 7.09. The van der Waals surface area contributed by atoms with Crippen molar-refractivity contribution in [3.8, 4) is 16.9 Å². The molecule has 2 heterocycles. The van der Waals surface area contributed by atoms with Crippen molar-refractivity contribution in [2.45, 2.75) is 58.6 Å². The average molecular weight is 403 g/mol. The molecule has 156 valence electrons. The quantitative estimate of drug-likeness (QED) is 0.544. The molecule has 1 aliphatic rings. The third-order valence-corrected chi connectivity index (χ3v) is 6.11. The lowest BCUT2D eigenvalue weighted by atomic mass is 9.97. The van der Waals surface area contributed by atoms with E-state index in [2.05, 4.69) is 68.2 Å². The summed E-state index contributed by atoms with van der Waals surface area (Å²) in [5.41, 5.74) is 4.61. The number of piperidine rings is 1. The predicted octanol–water partition coefficient (Wildman–Crippen LogP) is 5.77. The van der Waals surface area contributed by atoms with Crippen molar-refractivity contribution in [1.82, 2.24) is 9.88 Å². The topological polar surface area (TPSA) is 42.4 Å². The Kier molecular flexibility index (Phi) is 6.03. The van der Waals surface area contributed by atoms with E-state index in [1.54, 1.807) is 0 Å². The molecule has 4 heteroatoms. The van der Waals surface area contributed by atoms with Crippen LogP contribution in [0.15, 0.2) is 54.7 Å². The van der Waals surface area contributed by atoms with Gasteiger partial charge in [-0.05, 0) is 55.2 Å². The van der Waals surface area contributed by atoms with Crippen LogP contribution in [-0.4, -0.2) is 34.5 Å². The van der Waals surface area contributed by atoms with Gasteiger partial charge in [-0.1, -0.05) is 37.3 Å². The molecule has 0 spiro atoms. The van der Waals surface area contributed by atoms with Crippen molar-refractivity contribution in [2.24, 2.45) is 0 Å². The fourth-order valence-corrected chi connectivity index (χ4v) is 4.47. The van der Waals surface area contributed by atoms with Gasteiger partial charge in [-0.15, -0.1) is 0 Å². The Labute approximate surface area is 178 Å². The Balaban J connectivity index is 1.44. The van der Waals surface area contributed by atoms with Gasteiger partial charge < -0.3 is 9.64 Å². The summed E-state index contributed by atoms with van der Waals surface area (Å²) in [7, 11) is 0. The summed E-state index contributed by atoms with van der Waals surface area (Å²) < 4.78 is 6.25. The van der Waals surface area contributed by atoms with Gasteiger partial charge in [0.1, 0.15) is 11.9 Å². The van der Waals surface area contributed by atoms with E-state index in [0.717, 1.165) is 42.5 Å². The Morgan fingerprint density at radius 2 is 1.97 bits per heavy atom. The lowest BCUT2D eigenvalue weighted by Gasteiger charge is -2.37. The highest BCUT2D eigenvalue weighted by atomic mass is 16.5. The number of carbonyl (C=O) groups excluding carboxylic acids is 1. The molecule has 1 amide bonds. The largest absolute Gasteiger partial charge is 0.490 e. The zero-order valence-electron chi connectivity index (χ0n) is 18.1. The number of carbonyl (C=O) groups is 1. The normalized spacial score (nSPS) is 19.1. The first-order valence-corrected chi connectivity index (χ1v) is 11.0. The van der Waals surface area contributed by atoms with E-state index in [9.17, 15) is 4.79 Å². The van der Waals surface area contributed by atoms with E-state index >= 15 is 0 Å². The van der Waals surface area contributed by atoms with Gasteiger partial charge >= 0.3 is 0 Å². The SMILES string of the molecule is CCCC(=O)N1CC[C@H](Oc2ccc(-c3ccc4cccnc4c3C)cc2)C[C@@H]1C. The molecule has 2 atom stereocenters. The third-order valence-electron chi connectivity index (χ3n) is 6.11. The number of amides is 1. The van der Waals surface area contributed by atoms with E-state index < -0.39 is 0 Å². The first-order chi connectivity index (χ1) is 14.6. The average Bonchev–Trinajstić information content (AvgIpc) is 2.75. The summed E-state index contributed by atoms with van der Waals surface area (Å²) >= 11 is 0. The third kappa shape index (κ3) is 4.18. The molecule has 3 aromatic rings. The molecule has 1 aromatic heterocycles. The lowest BCUT2D eigenvalue weighted by molar-refractivity contribution is -0.135. The van der Waals surface area contributed by atoms with E-state index in [1.807, 2.05) is 17.2 Å². The van der Waals surface area contributed by atoms with Crippen LogP contribution in [0.4, 0.5) is 0 Å². The lowest BCUT2D eigenvalue weighted by Crippen LogP contribution is -2.47. The van der Waals surface area contributed by atoms with Crippen LogP contribution in [0.3, 0.4) is 0 Å². The minimum absolute atomic E-state index is 0.156. The maximum Gasteiger partial charge on any atom is 0.222 e. The van der Waals surface area contributed by atoms with Gasteiger partial charge in [-0.2, -0.15) is 0 Å². The molecule has 1 fully saturated rings. The van der Waals surface area contributed by atoms with Crippen molar-refractivity contribution in [1.29, 1.82) is 0 Å². The van der Waals surface area contributed by atoms with Gasteiger partial charge in [0.15, 0.2) is 0 Å². The highest BCUT2D eigenvalue weighted by Gasteiger charge is 2.29. The fraction of sp³-hybridized carbons (Fsp3) is 0.385. The molecule has 1 saturated heterocycles. The van der Waals surface area contributed by atoms with E-state index in [4.69, 9.17) is 4.74 Å². The zero-order valence-corrected chi connectivity index (χ0v) is 18.1. The summed E-state index contributed by atoms with van der Waals surface area (Å²) in [4.78, 5) is 18.8. The van der Waals surface area contributed by atoms with Crippen molar-refractivity contribution in [3.05, 3.63) is 60.3 Å². The molecule has 4 nitrogen and oxygen atoms in total. The molecule has 0 saturated carbocycles. The molecule has 0 aliphatic carbocycles. The number of rotatable bonds is 5. The fourth-order valence-electron chi connectivity index (χ4n) is 4.47. The molecule has 2 aromatic carbocycles. The van der Waals surface area contributed by atoms with Gasteiger partial charge in [0.05, 0.1) is 5.52 Å². The molecule has 0 radical (unpaired) electrons. The van der Waals surface area contributed by atoms with Crippen molar-refractivity contribution >= 4 is 16.8 Å². The van der Waals surface area contributed by atoms with Crippen LogP contribution in [0.25, 0.3) is 22.0 Å². The van der Waals surface area contributed by atoms with Gasteiger partial charge in [0, 0.05) is 43.4 Å². The highest BCUT2D eigenvalue weighted by molar-refractivity contribution is 5.88. The van der Waals surface area contributed by atoms with E-state index in [-0.39, 0.29) is 18.1 Å². The highest BCUT2D eigenvalue weighted by Crippen LogP contribution is 2.30. The second-order valence-electron chi connectivity index (χ2n) is 8.29. The summed E-state index contributed by atoms with van der Waals surface area (Å²) in [5, 5.41) is 1.16. The minimum Gasteiger partial charge on any atom is -0.490 e. The Hall–Kier alpha value is -2.88. The first kappa shape index (κ1) is 20.4. The summed E-state index contributed by atoms with van der Waals surface area (Å²) in [6.07, 6.45) is 5.31. The van der Waals surface area contributed by atoms with Crippen LogP contribution in [0.5, 0.6) is 5.75 Å². The number of nitrogens with zero attached hydrogens (tertiary/aromatic N) is 2. The minimum atomic E-state index is 0.156. The van der Waals surface area contributed by atoms with Crippen molar-refractivity contribution in [3.63, 3.8) is 0 Å². The molecule has 1 aliphatic heterocycles. The van der Waals surface area contributed by atoms with Crippen LogP contribution in [0.2, 0.25) is 0 Å². The second-order valence-corrected chi connectivity index (χ2v) is 8.29. The number of likely N-dealkylation sites (tertiary alicyclic amines) is 1. The Morgan fingerprint density at radius 3 is 2.70 bits per heavy atom. The Morgan fingerprint density at radius 1 is 1.17 bits per heavy atom. The monoisotopic (exact) mass is 402 g/mol. The number of aromatic nitrogens is 1. The maximum absolute atomic E-state index is 12.2. The van der Waals surface area contributed by atoms with Crippen LogP contribution in [0, 0.1) is 6.92 Å². The number of aryl methyl sites for hydroxylation is 1. The molecule has 0 unspecified atom stereocenters. The van der Waals surface area contributed by atoms with Crippen LogP contribution in [0.1, 0.15) is 45.1 Å². The van der Waals surface area contributed by atoms with Gasteiger partial charge in [-0.3, -0.25) is 9.78 Å². The molecular formula is C26H30N2O2. The smallest absolute Gasteiger partial charge is 0.222 e. The standard InChI is InChI=1S/C26H30N2O2/c1-4-6-25(29)28-16-14-23(17-18(28)2)30-22-11-8-20(9-12-22)24-13-10-21-7-5-15-27-26(21)19(24)3/h5,7-13,15,18,23H,4,6,14,16-17H2,1-3H3/t18-,23-/m0/s1. The molecule has 4 rings (SSSR count). The maximum atomic E-state index is 12.2. The molecular weight excluding hydrogens is 372 g/mol. The van der Waals surface area contributed by atoms with Gasteiger partial charge in [0.2, 0.25) is 5.91 Å². The van der Waals surface area contributed by atoms with Gasteiger partial charge in [-0.25, -0.2) is 0 Å². The van der Waals surface area contributed by atoms with Crippen LogP contribution < -0.4 is 4.74 Å². The number of benzene rings is 2. The zero-order chi connectivity index (χ0) is 21.1. The van der Waals surface area contributed by atoms with E-state index in [0.29, 0.717) is 6.42 Å². The Bertz CT molecular complexity index is 1030. The van der Waals surface area contributed by atoms with E-state index in [1.165, 1.54) is 16.7 Å². The van der Waals surface area contributed by atoms with Crippen LogP contribution >= 0.6 is 0 Å². The van der Waals surface area contributed by atoms with Crippen molar-refractivity contribution < 1.29 is 9.53 Å². The second kappa shape index (κ2) is 8.86. The molecule has 0 N–H and O–H groups in total. The van der Waals surface area contributed by atoms with Crippen LogP contribution in [-0.2, 0) is 4.79 Å². The molecule has 30 heavy (non-hydrogen) atoms. The van der Waals surface area contributed by atoms with Crippen molar-refractivity contribution in [2.75, 3.05) is 6.54 Å². The number of fused-ring (bicyclic) bond motifs is 1.